The van der Waals surface area contributed by atoms with Crippen LogP contribution in [0.3, 0.4) is 0 Å². The number of rotatable bonds is 3. The summed E-state index contributed by atoms with van der Waals surface area (Å²) in [5.41, 5.74) is 5.79. The second-order valence-electron chi connectivity index (χ2n) is 3.61. The predicted molar refractivity (Wildman–Crippen MR) is 68.7 cm³/mol. The molecular formula is C11H19N3OS. The molecule has 1 amide bonds. The van der Waals surface area contributed by atoms with Gasteiger partial charge in [-0.25, -0.2) is 0 Å². The minimum Gasteiger partial charge on any atom is -0.370 e. The quantitative estimate of drug-likeness (QED) is 0.780. The van der Waals surface area contributed by atoms with Gasteiger partial charge in [-0.1, -0.05) is 12.1 Å². The molecule has 0 bridgehead atoms. The van der Waals surface area contributed by atoms with Gasteiger partial charge >= 0.3 is 0 Å². The number of hydrogen-bond acceptors (Lipinski definition) is 4. The maximum atomic E-state index is 9.22. The van der Waals surface area contributed by atoms with Gasteiger partial charge in [0.15, 0.2) is 0 Å². The summed E-state index contributed by atoms with van der Waals surface area (Å²) >= 11 is 1.28. The van der Waals surface area contributed by atoms with Crippen LogP contribution in [0.15, 0.2) is 29.2 Å². The average Bonchev–Trinajstić information content (AvgIpc) is 2.17. The van der Waals surface area contributed by atoms with E-state index in [0.29, 0.717) is 0 Å². The molecule has 1 rings (SSSR count). The Morgan fingerprint density at radius 3 is 2.06 bits per heavy atom. The Morgan fingerprint density at radius 2 is 1.75 bits per heavy atom. The van der Waals surface area contributed by atoms with E-state index in [1.807, 2.05) is 12.1 Å². The van der Waals surface area contributed by atoms with Gasteiger partial charge in [0.25, 0.3) is 0 Å². The first-order valence-corrected chi connectivity index (χ1v) is 5.70. The Hall–Kier alpha value is -1.04. The van der Waals surface area contributed by atoms with Crippen LogP contribution in [0, 0.1) is 0 Å². The summed E-state index contributed by atoms with van der Waals surface area (Å²) in [6.45, 7) is 2.29. The maximum Gasteiger partial charge on any atom is 0.214 e. The molecular weight excluding hydrogens is 222 g/mol. The Labute approximate surface area is 101 Å². The molecule has 0 unspecified atom stereocenters. The topological polar surface area (TPSA) is 72.4 Å². The van der Waals surface area contributed by atoms with E-state index in [1.165, 1.54) is 24.4 Å². The lowest BCUT2D eigenvalue weighted by Gasteiger charge is -2.09. The summed E-state index contributed by atoms with van der Waals surface area (Å²) in [5, 5.41) is 5.41. The lowest BCUT2D eigenvalue weighted by Crippen LogP contribution is -2.10. The van der Waals surface area contributed by atoms with Gasteiger partial charge in [0.2, 0.25) is 5.91 Å². The highest BCUT2D eigenvalue weighted by Gasteiger charge is 1.94. The first kappa shape index (κ1) is 15.0. The molecule has 0 heterocycles. The molecule has 0 atom stereocenters. The van der Waals surface area contributed by atoms with Crippen molar-refractivity contribution in [2.45, 2.75) is 18.4 Å². The van der Waals surface area contributed by atoms with Crippen molar-refractivity contribution in [1.29, 1.82) is 0 Å². The lowest BCUT2D eigenvalue weighted by atomic mass is 10.2. The largest absolute Gasteiger partial charge is 0.370 e. The third-order valence-electron chi connectivity index (χ3n) is 1.56. The number of amides is 1. The molecule has 0 saturated carbocycles. The Bertz CT molecular complexity index is 308. The van der Waals surface area contributed by atoms with Crippen LogP contribution in [-0.4, -0.2) is 24.9 Å². The molecule has 0 aliphatic heterocycles. The van der Waals surface area contributed by atoms with Gasteiger partial charge in [-0.05, 0) is 43.7 Å². The molecule has 5 heteroatoms. The van der Waals surface area contributed by atoms with E-state index in [9.17, 15) is 4.79 Å². The van der Waals surface area contributed by atoms with Crippen molar-refractivity contribution in [2.75, 3.05) is 14.1 Å². The summed E-state index contributed by atoms with van der Waals surface area (Å²) in [6.07, 6.45) is 0. The third kappa shape index (κ3) is 8.28. The zero-order valence-corrected chi connectivity index (χ0v) is 10.8. The molecule has 4 N–H and O–H groups in total. The van der Waals surface area contributed by atoms with Crippen LogP contribution < -0.4 is 10.9 Å². The van der Waals surface area contributed by atoms with Gasteiger partial charge in [0.05, 0.1) is 0 Å². The molecule has 0 radical (unpaired) electrons. The fraction of sp³-hybridized carbons (Fsp3) is 0.364. The molecule has 16 heavy (non-hydrogen) atoms. The highest BCUT2D eigenvalue weighted by Crippen LogP contribution is 2.12. The van der Waals surface area contributed by atoms with Crippen molar-refractivity contribution in [3.05, 3.63) is 29.8 Å². The molecule has 0 fully saturated rings. The lowest BCUT2D eigenvalue weighted by molar-refractivity contribution is -0.115. The molecule has 0 saturated heterocycles. The number of carbonyl (C=O) groups excluding carboxylic acids is 1. The molecule has 0 aliphatic rings. The van der Waals surface area contributed by atoms with Gasteiger partial charge in [0.1, 0.15) is 0 Å². The van der Waals surface area contributed by atoms with Crippen LogP contribution in [0.4, 0.5) is 0 Å². The first-order chi connectivity index (χ1) is 7.45. The highest BCUT2D eigenvalue weighted by molar-refractivity contribution is 7.97. The van der Waals surface area contributed by atoms with E-state index in [-0.39, 0.29) is 5.91 Å². The Kier molecular flexibility index (Phi) is 7.62. The van der Waals surface area contributed by atoms with E-state index in [2.05, 4.69) is 36.9 Å². The van der Waals surface area contributed by atoms with Crippen molar-refractivity contribution in [3.63, 3.8) is 0 Å². The number of nitrogens with two attached hydrogens (primary N) is 2. The van der Waals surface area contributed by atoms with Crippen molar-refractivity contribution in [1.82, 2.24) is 4.90 Å². The Balaban J connectivity index is 0.000000487. The molecule has 1 aromatic carbocycles. The second kappa shape index (κ2) is 8.15. The standard InChI is InChI=1S/C9H14N2S.C2H5NO/c1-11(2)7-8-3-5-9(12-10)6-4-8;1-2(3)4/h3-6H,7,10H2,1-2H3;1H3,(H2,3,4). The third-order valence-corrected chi connectivity index (χ3v) is 2.10. The number of primary amides is 1. The molecule has 0 spiro atoms. The zero-order chi connectivity index (χ0) is 12.6. The van der Waals surface area contributed by atoms with Crippen LogP contribution >= 0.6 is 11.9 Å². The van der Waals surface area contributed by atoms with Crippen LogP contribution in [0.1, 0.15) is 12.5 Å². The van der Waals surface area contributed by atoms with E-state index < -0.39 is 0 Å². The first-order valence-electron chi connectivity index (χ1n) is 4.82. The second-order valence-corrected chi connectivity index (χ2v) is 4.32. The van der Waals surface area contributed by atoms with E-state index in [1.54, 1.807) is 0 Å². The summed E-state index contributed by atoms with van der Waals surface area (Å²) in [4.78, 5) is 12.5. The minimum absolute atomic E-state index is 0.333. The highest BCUT2D eigenvalue weighted by atomic mass is 32.2. The van der Waals surface area contributed by atoms with Crippen LogP contribution in [0.5, 0.6) is 0 Å². The van der Waals surface area contributed by atoms with Crippen LogP contribution in [0.2, 0.25) is 0 Å². The van der Waals surface area contributed by atoms with Gasteiger partial charge < -0.3 is 10.6 Å². The van der Waals surface area contributed by atoms with Crippen LogP contribution in [-0.2, 0) is 11.3 Å². The average molecular weight is 241 g/mol. The van der Waals surface area contributed by atoms with Crippen LogP contribution in [0.25, 0.3) is 0 Å². The Morgan fingerprint density at radius 1 is 1.31 bits per heavy atom. The fourth-order valence-electron chi connectivity index (χ4n) is 1.04. The smallest absolute Gasteiger partial charge is 0.214 e. The zero-order valence-electron chi connectivity index (χ0n) is 9.93. The summed E-state index contributed by atoms with van der Waals surface area (Å²) in [5.74, 6) is -0.333. The normalized spacial score (nSPS) is 9.56. The van der Waals surface area contributed by atoms with E-state index in [4.69, 9.17) is 5.14 Å². The van der Waals surface area contributed by atoms with Crippen molar-refractivity contribution in [2.24, 2.45) is 10.9 Å². The predicted octanol–water partition coefficient (Wildman–Crippen LogP) is 1.21. The summed E-state index contributed by atoms with van der Waals surface area (Å²) in [6, 6.07) is 8.30. The number of benzene rings is 1. The van der Waals surface area contributed by atoms with Crippen molar-refractivity contribution in [3.8, 4) is 0 Å². The van der Waals surface area contributed by atoms with E-state index in [0.717, 1.165) is 11.4 Å². The molecule has 4 nitrogen and oxygen atoms in total. The molecule has 0 aromatic heterocycles. The van der Waals surface area contributed by atoms with Gasteiger partial charge in [0, 0.05) is 18.4 Å². The minimum atomic E-state index is -0.333. The number of carbonyl (C=O) groups is 1. The van der Waals surface area contributed by atoms with Gasteiger partial charge in [-0.3, -0.25) is 9.93 Å². The fourth-order valence-corrected chi connectivity index (χ4v) is 1.33. The molecule has 1 aromatic rings. The summed E-state index contributed by atoms with van der Waals surface area (Å²) < 4.78 is 0. The monoisotopic (exact) mass is 241 g/mol. The maximum absolute atomic E-state index is 9.22. The molecule has 0 aliphatic carbocycles. The van der Waals surface area contributed by atoms with E-state index >= 15 is 0 Å². The SMILES string of the molecule is CC(N)=O.CN(C)Cc1ccc(SN)cc1. The molecule has 90 valence electrons. The summed E-state index contributed by atoms with van der Waals surface area (Å²) in [7, 11) is 4.12. The van der Waals surface area contributed by atoms with Crippen molar-refractivity contribution < 1.29 is 4.79 Å². The van der Waals surface area contributed by atoms with Crippen molar-refractivity contribution >= 4 is 17.9 Å². The van der Waals surface area contributed by atoms with Gasteiger partial charge in [-0.15, -0.1) is 0 Å². The number of hydrogen-bond donors (Lipinski definition) is 2. The number of nitrogens with zero attached hydrogens (tertiary/aromatic N) is 1. The van der Waals surface area contributed by atoms with Gasteiger partial charge in [-0.2, -0.15) is 0 Å².